The molecule has 2 rings (SSSR count). The van der Waals surface area contributed by atoms with Crippen LogP contribution in [0.5, 0.6) is 5.75 Å². The lowest BCUT2D eigenvalue weighted by atomic mass is 10.2. The van der Waals surface area contributed by atoms with Gasteiger partial charge in [0, 0.05) is 0 Å². The molecule has 0 aliphatic carbocycles. The van der Waals surface area contributed by atoms with Crippen LogP contribution < -0.4 is 10.1 Å². The Morgan fingerprint density at radius 2 is 2.15 bits per heavy atom. The van der Waals surface area contributed by atoms with Crippen LogP contribution in [0.1, 0.15) is 24.2 Å². The van der Waals surface area contributed by atoms with Crippen LogP contribution in [0.2, 0.25) is 0 Å². The first-order valence-corrected chi connectivity index (χ1v) is 6.78. The molecule has 2 aromatic rings. The van der Waals surface area contributed by atoms with Gasteiger partial charge in [0.2, 0.25) is 0 Å². The van der Waals surface area contributed by atoms with Crippen molar-refractivity contribution in [3.05, 3.63) is 40.9 Å². The van der Waals surface area contributed by atoms with Gasteiger partial charge in [-0.05, 0) is 31.2 Å². The number of nitroso groups, excluding NO2 is 1. The zero-order valence-electron chi connectivity index (χ0n) is 11.0. The highest BCUT2D eigenvalue weighted by Crippen LogP contribution is 2.27. The van der Waals surface area contributed by atoms with E-state index in [9.17, 15) is 9.70 Å². The van der Waals surface area contributed by atoms with Crippen LogP contribution in [0.15, 0.2) is 35.6 Å². The molecule has 0 atom stereocenters. The Hall–Kier alpha value is -2.28. The summed E-state index contributed by atoms with van der Waals surface area (Å²) in [6, 6.07) is 6.95. The molecule has 0 aliphatic rings. The van der Waals surface area contributed by atoms with Gasteiger partial charge in [-0.1, -0.05) is 23.5 Å². The van der Waals surface area contributed by atoms with E-state index in [-0.39, 0.29) is 17.0 Å². The second-order valence-electron chi connectivity index (χ2n) is 4.21. The molecule has 1 amide bonds. The molecule has 0 bridgehead atoms. The number of carbonyl (C=O) groups is 1. The highest BCUT2D eigenvalue weighted by Gasteiger charge is 2.14. The van der Waals surface area contributed by atoms with E-state index in [1.54, 1.807) is 24.3 Å². The third-order valence-electron chi connectivity index (χ3n) is 2.30. The average Bonchev–Trinajstić information content (AvgIpc) is 2.86. The van der Waals surface area contributed by atoms with E-state index in [1.807, 2.05) is 13.8 Å². The Morgan fingerprint density at radius 3 is 2.80 bits per heavy atom. The van der Waals surface area contributed by atoms with Gasteiger partial charge in [-0.3, -0.25) is 10.1 Å². The number of amides is 1. The minimum atomic E-state index is -0.340. The van der Waals surface area contributed by atoms with Crippen molar-refractivity contribution in [1.82, 2.24) is 4.98 Å². The van der Waals surface area contributed by atoms with Crippen molar-refractivity contribution in [2.75, 3.05) is 5.32 Å². The number of para-hydroxylation sites is 1. The summed E-state index contributed by atoms with van der Waals surface area (Å²) in [6.45, 7) is 3.77. The fourth-order valence-electron chi connectivity index (χ4n) is 1.54. The predicted octanol–water partition coefficient (Wildman–Crippen LogP) is 3.58. The molecular formula is C13H13N3O3S. The average molecular weight is 291 g/mol. The van der Waals surface area contributed by atoms with Gasteiger partial charge >= 0.3 is 0 Å². The first-order valence-electron chi connectivity index (χ1n) is 5.96. The molecule has 0 saturated carbocycles. The lowest BCUT2D eigenvalue weighted by molar-refractivity contribution is 0.102. The van der Waals surface area contributed by atoms with Crippen LogP contribution in [0.3, 0.4) is 0 Å². The number of hydrogen-bond acceptors (Lipinski definition) is 6. The fourth-order valence-corrected chi connectivity index (χ4v) is 2.13. The summed E-state index contributed by atoms with van der Waals surface area (Å²) in [4.78, 5) is 26.4. The van der Waals surface area contributed by atoms with Crippen molar-refractivity contribution in [3.63, 3.8) is 0 Å². The maximum Gasteiger partial charge on any atom is 0.261 e. The maximum atomic E-state index is 12.2. The van der Waals surface area contributed by atoms with E-state index in [4.69, 9.17) is 4.74 Å². The van der Waals surface area contributed by atoms with Crippen molar-refractivity contribution in [3.8, 4) is 5.75 Å². The standard InChI is InChI=1S/C13H13N3O3S/c1-8(2)19-10-6-4-3-5-9(10)12(17)15-13-14-7-11(16-18)20-13/h3-8H,1-2H3,(H,14,15,17). The van der Waals surface area contributed by atoms with E-state index in [2.05, 4.69) is 15.5 Å². The van der Waals surface area contributed by atoms with Gasteiger partial charge in [0.15, 0.2) is 10.1 Å². The molecule has 6 nitrogen and oxygen atoms in total. The number of nitrogens with zero attached hydrogens (tertiary/aromatic N) is 2. The predicted molar refractivity (Wildman–Crippen MR) is 77.7 cm³/mol. The van der Waals surface area contributed by atoms with Gasteiger partial charge in [0.1, 0.15) is 5.75 Å². The highest BCUT2D eigenvalue weighted by atomic mass is 32.1. The van der Waals surface area contributed by atoms with E-state index in [0.29, 0.717) is 16.4 Å². The molecule has 1 aromatic heterocycles. The van der Waals surface area contributed by atoms with Crippen LogP contribution >= 0.6 is 11.3 Å². The van der Waals surface area contributed by atoms with E-state index in [1.165, 1.54) is 6.20 Å². The van der Waals surface area contributed by atoms with Gasteiger partial charge in [-0.2, -0.15) is 0 Å². The molecule has 0 fully saturated rings. The number of nitrogens with one attached hydrogen (secondary N) is 1. The largest absolute Gasteiger partial charge is 0.490 e. The summed E-state index contributed by atoms with van der Waals surface area (Å²) in [5, 5.41) is 5.91. The number of ether oxygens (including phenoxy) is 1. The van der Waals surface area contributed by atoms with Crippen LogP contribution in [0.25, 0.3) is 0 Å². The van der Waals surface area contributed by atoms with Crippen molar-refractivity contribution in [2.45, 2.75) is 20.0 Å². The molecule has 20 heavy (non-hydrogen) atoms. The van der Waals surface area contributed by atoms with Gasteiger partial charge in [-0.15, -0.1) is 4.91 Å². The van der Waals surface area contributed by atoms with E-state index >= 15 is 0 Å². The summed E-state index contributed by atoms with van der Waals surface area (Å²) in [5.41, 5.74) is 0.414. The molecule has 0 unspecified atom stereocenters. The van der Waals surface area contributed by atoms with Crippen LogP contribution in [-0.2, 0) is 0 Å². The molecule has 7 heteroatoms. The Labute approximate surface area is 119 Å². The number of anilines is 1. The Kier molecular flexibility index (Phi) is 4.41. The van der Waals surface area contributed by atoms with Crippen LogP contribution in [0.4, 0.5) is 10.1 Å². The first kappa shape index (κ1) is 14.1. The normalized spacial score (nSPS) is 10.3. The third-order valence-corrected chi connectivity index (χ3v) is 3.09. The number of benzene rings is 1. The molecular weight excluding hydrogens is 278 g/mol. The monoisotopic (exact) mass is 291 g/mol. The Morgan fingerprint density at radius 1 is 1.40 bits per heavy atom. The minimum absolute atomic E-state index is 0.0327. The first-order chi connectivity index (χ1) is 9.60. The summed E-state index contributed by atoms with van der Waals surface area (Å²) in [6.07, 6.45) is 1.28. The van der Waals surface area contributed by atoms with E-state index in [0.717, 1.165) is 11.3 Å². The highest BCUT2D eigenvalue weighted by molar-refractivity contribution is 7.19. The fraction of sp³-hybridized carbons (Fsp3) is 0.231. The second-order valence-corrected chi connectivity index (χ2v) is 5.22. The number of carbonyl (C=O) groups excluding carboxylic acids is 1. The summed E-state index contributed by atoms with van der Waals surface area (Å²) in [7, 11) is 0. The molecule has 1 aromatic carbocycles. The molecule has 1 heterocycles. The molecule has 0 spiro atoms. The SMILES string of the molecule is CC(C)Oc1ccccc1C(=O)Nc1ncc(N=O)s1. The summed E-state index contributed by atoms with van der Waals surface area (Å²) >= 11 is 1.01. The number of thiazole rings is 1. The van der Waals surface area contributed by atoms with Crippen molar-refractivity contribution in [1.29, 1.82) is 0 Å². The molecule has 0 saturated heterocycles. The third kappa shape index (κ3) is 3.39. The van der Waals surface area contributed by atoms with Crippen LogP contribution in [0, 0.1) is 4.91 Å². The number of aromatic nitrogens is 1. The second kappa shape index (κ2) is 6.25. The molecule has 104 valence electrons. The van der Waals surface area contributed by atoms with Gasteiger partial charge in [-0.25, -0.2) is 4.98 Å². The van der Waals surface area contributed by atoms with Crippen molar-refractivity contribution >= 4 is 27.4 Å². The van der Waals surface area contributed by atoms with Gasteiger partial charge < -0.3 is 4.74 Å². The topological polar surface area (TPSA) is 80.7 Å². The smallest absolute Gasteiger partial charge is 0.261 e. The Balaban J connectivity index is 2.18. The quantitative estimate of drug-likeness (QED) is 0.854. The summed E-state index contributed by atoms with van der Waals surface area (Å²) in [5.74, 6) is 0.165. The van der Waals surface area contributed by atoms with Gasteiger partial charge in [0.25, 0.3) is 5.91 Å². The Bertz CT molecular complexity index is 625. The number of hydrogen-bond donors (Lipinski definition) is 1. The zero-order chi connectivity index (χ0) is 14.5. The van der Waals surface area contributed by atoms with Crippen molar-refractivity contribution < 1.29 is 9.53 Å². The zero-order valence-corrected chi connectivity index (χ0v) is 11.8. The number of rotatable bonds is 5. The van der Waals surface area contributed by atoms with Crippen LogP contribution in [-0.4, -0.2) is 17.0 Å². The van der Waals surface area contributed by atoms with Gasteiger partial charge in [0.05, 0.1) is 17.9 Å². The maximum absolute atomic E-state index is 12.2. The lowest BCUT2D eigenvalue weighted by Gasteiger charge is -2.13. The van der Waals surface area contributed by atoms with E-state index < -0.39 is 0 Å². The molecule has 0 radical (unpaired) electrons. The molecule has 1 N–H and O–H groups in total. The minimum Gasteiger partial charge on any atom is -0.490 e. The summed E-state index contributed by atoms with van der Waals surface area (Å²) < 4.78 is 5.58. The van der Waals surface area contributed by atoms with Crippen molar-refractivity contribution in [2.24, 2.45) is 5.18 Å². The molecule has 0 aliphatic heterocycles. The lowest BCUT2D eigenvalue weighted by Crippen LogP contribution is -2.15.